The highest BCUT2D eigenvalue weighted by molar-refractivity contribution is 8.00. The zero-order chi connectivity index (χ0) is 15.5. The normalized spacial score (nSPS) is 17.9. The number of carboxylic acids is 1. The molecule has 0 saturated carbocycles. The van der Waals surface area contributed by atoms with E-state index in [9.17, 15) is 9.59 Å². The molecule has 0 aliphatic carbocycles. The first kappa shape index (κ1) is 14.6. The third-order valence-electron chi connectivity index (χ3n) is 3.37. The number of hydrogen-bond donors (Lipinski definition) is 1. The van der Waals surface area contributed by atoms with E-state index in [4.69, 9.17) is 9.63 Å². The maximum atomic E-state index is 11.9. The molecule has 1 saturated heterocycles. The lowest BCUT2D eigenvalue weighted by atomic mass is 10.1. The molecule has 1 aromatic heterocycles. The zero-order valence-electron chi connectivity index (χ0n) is 11.6. The molecule has 1 unspecified atom stereocenters. The number of amides is 1. The van der Waals surface area contributed by atoms with E-state index in [2.05, 4.69) is 5.16 Å². The fourth-order valence-corrected chi connectivity index (χ4v) is 3.45. The highest BCUT2D eigenvalue weighted by atomic mass is 32.2. The van der Waals surface area contributed by atoms with Crippen LogP contribution in [0.15, 0.2) is 40.9 Å². The molecule has 6 nitrogen and oxygen atoms in total. The number of benzene rings is 1. The molecule has 1 aromatic carbocycles. The van der Waals surface area contributed by atoms with Gasteiger partial charge >= 0.3 is 5.97 Å². The van der Waals surface area contributed by atoms with Crippen molar-refractivity contribution < 1.29 is 19.2 Å². The summed E-state index contributed by atoms with van der Waals surface area (Å²) in [4.78, 5) is 24.2. The minimum Gasteiger partial charge on any atom is -0.481 e. The molecular weight excluding hydrogens is 304 g/mol. The van der Waals surface area contributed by atoms with Crippen molar-refractivity contribution in [3.05, 3.63) is 42.1 Å². The van der Waals surface area contributed by atoms with Gasteiger partial charge in [0, 0.05) is 18.2 Å². The third-order valence-corrected chi connectivity index (χ3v) is 4.60. The summed E-state index contributed by atoms with van der Waals surface area (Å²) in [5, 5.41) is 12.6. The number of aromatic nitrogens is 1. The first-order valence-electron chi connectivity index (χ1n) is 6.80. The van der Waals surface area contributed by atoms with Crippen LogP contribution in [0.25, 0.3) is 11.3 Å². The van der Waals surface area contributed by atoms with Gasteiger partial charge in [-0.25, -0.2) is 0 Å². The molecule has 7 heteroatoms. The van der Waals surface area contributed by atoms with E-state index in [1.165, 1.54) is 11.8 Å². The van der Waals surface area contributed by atoms with E-state index in [1.807, 2.05) is 30.3 Å². The topological polar surface area (TPSA) is 83.6 Å². The number of carboxylic acid groups (broad SMARTS) is 1. The lowest BCUT2D eigenvalue weighted by molar-refractivity contribution is -0.138. The second-order valence-corrected chi connectivity index (χ2v) is 5.94. The smallest absolute Gasteiger partial charge is 0.305 e. The predicted octanol–water partition coefficient (Wildman–Crippen LogP) is 2.39. The quantitative estimate of drug-likeness (QED) is 0.911. The Hall–Kier alpha value is -2.28. The monoisotopic (exact) mass is 318 g/mol. The number of thioether (sulfide) groups is 1. The Morgan fingerprint density at radius 1 is 1.41 bits per heavy atom. The van der Waals surface area contributed by atoms with Gasteiger partial charge in [-0.15, -0.1) is 11.8 Å². The van der Waals surface area contributed by atoms with Crippen molar-refractivity contribution in [2.75, 3.05) is 12.3 Å². The molecule has 1 N–H and O–H groups in total. The van der Waals surface area contributed by atoms with Crippen LogP contribution in [0.3, 0.4) is 0 Å². The van der Waals surface area contributed by atoms with Crippen LogP contribution in [0, 0.1) is 0 Å². The van der Waals surface area contributed by atoms with Crippen LogP contribution >= 0.6 is 11.8 Å². The van der Waals surface area contributed by atoms with Gasteiger partial charge < -0.3 is 14.5 Å². The van der Waals surface area contributed by atoms with Crippen molar-refractivity contribution >= 4 is 23.6 Å². The molecule has 0 radical (unpaired) electrons. The SMILES string of the molecule is O=C(O)CCN1C(=O)CSC1c1cc(-c2ccccc2)on1. The summed E-state index contributed by atoms with van der Waals surface area (Å²) in [5.74, 6) is -0.0273. The van der Waals surface area contributed by atoms with Crippen LogP contribution in [0.4, 0.5) is 0 Å². The Balaban J connectivity index is 1.80. The maximum Gasteiger partial charge on any atom is 0.305 e. The fourth-order valence-electron chi connectivity index (χ4n) is 2.30. The number of aliphatic carboxylic acids is 1. The van der Waals surface area contributed by atoms with Crippen molar-refractivity contribution in [2.45, 2.75) is 11.8 Å². The number of hydrogen-bond acceptors (Lipinski definition) is 5. The van der Waals surface area contributed by atoms with Crippen LogP contribution in [0.5, 0.6) is 0 Å². The van der Waals surface area contributed by atoms with Gasteiger partial charge in [-0.1, -0.05) is 35.5 Å². The van der Waals surface area contributed by atoms with Crippen molar-refractivity contribution in [3.8, 4) is 11.3 Å². The molecule has 2 heterocycles. The van der Waals surface area contributed by atoms with Crippen LogP contribution in [0.1, 0.15) is 17.5 Å². The Morgan fingerprint density at radius 2 is 2.18 bits per heavy atom. The Bertz CT molecular complexity index is 686. The number of carbonyl (C=O) groups excluding carboxylic acids is 1. The van der Waals surface area contributed by atoms with E-state index in [0.717, 1.165) is 5.56 Å². The maximum absolute atomic E-state index is 11.9. The Labute approximate surface area is 131 Å². The zero-order valence-corrected chi connectivity index (χ0v) is 12.5. The average molecular weight is 318 g/mol. The molecule has 1 fully saturated rings. The summed E-state index contributed by atoms with van der Waals surface area (Å²) in [6, 6.07) is 11.4. The van der Waals surface area contributed by atoms with Gasteiger partial charge in [0.25, 0.3) is 0 Å². The summed E-state index contributed by atoms with van der Waals surface area (Å²) in [6.07, 6.45) is -0.0772. The Morgan fingerprint density at radius 3 is 2.91 bits per heavy atom. The van der Waals surface area contributed by atoms with Crippen molar-refractivity contribution in [2.24, 2.45) is 0 Å². The summed E-state index contributed by atoms with van der Waals surface area (Å²) in [7, 11) is 0. The molecule has 3 rings (SSSR count). The first-order chi connectivity index (χ1) is 10.6. The molecule has 1 amide bonds. The average Bonchev–Trinajstić information content (AvgIpc) is 3.13. The molecule has 1 aliphatic rings. The molecule has 0 bridgehead atoms. The van der Waals surface area contributed by atoms with Crippen LogP contribution in [0.2, 0.25) is 0 Å². The number of rotatable bonds is 5. The van der Waals surface area contributed by atoms with Gasteiger partial charge in [-0.2, -0.15) is 0 Å². The fraction of sp³-hybridized carbons (Fsp3) is 0.267. The lowest BCUT2D eigenvalue weighted by Gasteiger charge is -2.20. The van der Waals surface area contributed by atoms with Crippen LogP contribution in [-0.4, -0.2) is 39.3 Å². The minimum absolute atomic E-state index is 0.0690. The minimum atomic E-state index is -0.923. The second-order valence-electron chi connectivity index (χ2n) is 4.88. The number of nitrogens with zero attached hydrogens (tertiary/aromatic N) is 2. The van der Waals surface area contributed by atoms with E-state index in [1.54, 1.807) is 11.0 Å². The predicted molar refractivity (Wildman–Crippen MR) is 81.1 cm³/mol. The molecule has 2 aromatic rings. The van der Waals surface area contributed by atoms with Crippen LogP contribution < -0.4 is 0 Å². The highest BCUT2D eigenvalue weighted by Gasteiger charge is 2.35. The molecule has 1 atom stereocenters. The molecular formula is C15H14N2O4S. The highest BCUT2D eigenvalue weighted by Crippen LogP contribution is 2.39. The van der Waals surface area contributed by atoms with Gasteiger partial charge in [0.1, 0.15) is 11.1 Å². The first-order valence-corrected chi connectivity index (χ1v) is 7.85. The van der Waals surface area contributed by atoms with Gasteiger partial charge in [0.05, 0.1) is 12.2 Å². The van der Waals surface area contributed by atoms with Crippen molar-refractivity contribution in [1.82, 2.24) is 10.1 Å². The van der Waals surface area contributed by atoms with Gasteiger partial charge in [-0.3, -0.25) is 9.59 Å². The van der Waals surface area contributed by atoms with E-state index in [0.29, 0.717) is 17.2 Å². The lowest BCUT2D eigenvalue weighted by Crippen LogP contribution is -2.30. The van der Waals surface area contributed by atoms with E-state index >= 15 is 0 Å². The number of carbonyl (C=O) groups is 2. The van der Waals surface area contributed by atoms with E-state index in [-0.39, 0.29) is 24.2 Å². The summed E-state index contributed by atoms with van der Waals surface area (Å²) < 4.78 is 5.35. The molecule has 22 heavy (non-hydrogen) atoms. The van der Waals surface area contributed by atoms with Gasteiger partial charge in [0.15, 0.2) is 5.76 Å². The summed E-state index contributed by atoms with van der Waals surface area (Å²) in [5.41, 5.74) is 1.55. The van der Waals surface area contributed by atoms with E-state index < -0.39 is 5.97 Å². The summed E-state index contributed by atoms with van der Waals surface area (Å²) in [6.45, 7) is 0.180. The second kappa shape index (κ2) is 6.23. The molecule has 114 valence electrons. The van der Waals surface area contributed by atoms with Crippen molar-refractivity contribution in [1.29, 1.82) is 0 Å². The summed E-state index contributed by atoms with van der Waals surface area (Å²) >= 11 is 1.43. The third kappa shape index (κ3) is 2.99. The van der Waals surface area contributed by atoms with Gasteiger partial charge in [0.2, 0.25) is 5.91 Å². The Kier molecular flexibility index (Phi) is 4.15. The standard InChI is InChI=1S/C15H14N2O4S/c18-13-9-22-15(17(13)7-6-14(19)20)11-8-12(21-16-11)10-4-2-1-3-5-10/h1-5,8,15H,6-7,9H2,(H,19,20). The molecule has 1 aliphatic heterocycles. The molecule has 0 spiro atoms. The van der Waals surface area contributed by atoms with Crippen molar-refractivity contribution in [3.63, 3.8) is 0 Å². The largest absolute Gasteiger partial charge is 0.481 e. The van der Waals surface area contributed by atoms with Gasteiger partial charge in [-0.05, 0) is 0 Å². The van der Waals surface area contributed by atoms with Crippen LogP contribution in [-0.2, 0) is 9.59 Å².